The van der Waals surface area contributed by atoms with Gasteiger partial charge in [-0.2, -0.15) is 0 Å². The van der Waals surface area contributed by atoms with Crippen molar-refractivity contribution in [1.29, 1.82) is 0 Å². The summed E-state index contributed by atoms with van der Waals surface area (Å²) < 4.78 is 5.64. The van der Waals surface area contributed by atoms with Crippen molar-refractivity contribution in [2.24, 2.45) is 11.8 Å². The third kappa shape index (κ3) is 3.57. The first-order chi connectivity index (χ1) is 7.96. The number of cyclic esters (lactones) is 1. The van der Waals surface area contributed by atoms with Crippen molar-refractivity contribution in [2.75, 3.05) is 0 Å². The van der Waals surface area contributed by atoms with Crippen LogP contribution in [0.1, 0.15) is 38.5 Å². The molecule has 98 valence electrons. The highest BCUT2D eigenvalue weighted by Crippen LogP contribution is 2.37. The summed E-state index contributed by atoms with van der Waals surface area (Å²) in [6, 6.07) is 1.11. The van der Waals surface area contributed by atoms with Crippen LogP contribution in [0, 0.1) is 11.8 Å². The average molecular weight is 254 g/mol. The fourth-order valence-corrected chi connectivity index (χ4v) is 5.18. The summed E-state index contributed by atoms with van der Waals surface area (Å²) in [5.41, 5.74) is 0. The molecule has 0 aromatic heterocycles. The van der Waals surface area contributed by atoms with E-state index in [2.05, 4.69) is 19.6 Å². The Hall–Kier alpha value is -0.313. The second-order valence-electron chi connectivity index (χ2n) is 7.07. The summed E-state index contributed by atoms with van der Waals surface area (Å²) in [6.07, 6.45) is 7.84. The van der Waals surface area contributed by atoms with Crippen LogP contribution in [0.2, 0.25) is 25.7 Å². The molecule has 2 nitrogen and oxygen atoms in total. The highest BCUT2D eigenvalue weighted by Gasteiger charge is 2.40. The molecular formula is C14H26O2Si. The van der Waals surface area contributed by atoms with Crippen LogP contribution in [-0.2, 0) is 9.53 Å². The van der Waals surface area contributed by atoms with Crippen LogP contribution < -0.4 is 0 Å². The lowest BCUT2D eigenvalue weighted by molar-refractivity contribution is -0.145. The van der Waals surface area contributed by atoms with Gasteiger partial charge in [0.25, 0.3) is 0 Å². The van der Waals surface area contributed by atoms with Gasteiger partial charge < -0.3 is 4.74 Å². The largest absolute Gasteiger partial charge is 0.462 e. The van der Waals surface area contributed by atoms with Crippen molar-refractivity contribution in [3.05, 3.63) is 0 Å². The molecule has 2 atom stereocenters. The monoisotopic (exact) mass is 254 g/mol. The normalized spacial score (nSPS) is 31.6. The average Bonchev–Trinajstić information content (AvgIpc) is 2.59. The van der Waals surface area contributed by atoms with E-state index in [1.54, 1.807) is 0 Å². The quantitative estimate of drug-likeness (QED) is 0.565. The maximum Gasteiger partial charge on any atom is 0.309 e. The van der Waals surface area contributed by atoms with Gasteiger partial charge in [-0.3, -0.25) is 4.79 Å². The molecule has 0 aromatic carbocycles. The summed E-state index contributed by atoms with van der Waals surface area (Å²) in [5.74, 6) is 0.982. The molecule has 2 rings (SSSR count). The Balaban J connectivity index is 1.90. The summed E-state index contributed by atoms with van der Waals surface area (Å²) >= 11 is 0. The highest BCUT2D eigenvalue weighted by atomic mass is 28.3. The van der Waals surface area contributed by atoms with E-state index in [1.807, 2.05) is 0 Å². The Morgan fingerprint density at radius 3 is 2.41 bits per heavy atom. The topological polar surface area (TPSA) is 26.3 Å². The van der Waals surface area contributed by atoms with Crippen molar-refractivity contribution in [3.8, 4) is 0 Å². The molecule has 2 fully saturated rings. The van der Waals surface area contributed by atoms with Crippen molar-refractivity contribution >= 4 is 14.0 Å². The first kappa shape index (κ1) is 13.1. The molecular weight excluding hydrogens is 228 g/mol. The zero-order valence-corrected chi connectivity index (χ0v) is 12.5. The molecule has 3 heteroatoms. The van der Waals surface area contributed by atoms with Crippen molar-refractivity contribution in [3.63, 3.8) is 0 Å². The lowest BCUT2D eigenvalue weighted by atomic mass is 9.83. The van der Waals surface area contributed by atoms with Crippen LogP contribution in [0.4, 0.5) is 0 Å². The summed E-state index contributed by atoms with van der Waals surface area (Å²) in [7, 11) is -1.14. The van der Waals surface area contributed by atoms with E-state index in [9.17, 15) is 4.79 Å². The fraction of sp³-hybridized carbons (Fsp3) is 0.929. The van der Waals surface area contributed by atoms with E-state index in [1.165, 1.54) is 32.1 Å². The first-order valence-electron chi connectivity index (χ1n) is 7.16. The summed E-state index contributed by atoms with van der Waals surface area (Å²) in [5, 5.41) is 0. The molecule has 0 spiro atoms. The predicted molar refractivity (Wildman–Crippen MR) is 72.7 cm³/mol. The minimum absolute atomic E-state index is 0.1000. The van der Waals surface area contributed by atoms with E-state index in [0.29, 0.717) is 5.92 Å². The molecule has 0 bridgehead atoms. The molecule has 17 heavy (non-hydrogen) atoms. The van der Waals surface area contributed by atoms with Crippen molar-refractivity contribution in [1.82, 2.24) is 0 Å². The number of carbonyl (C=O) groups is 1. The van der Waals surface area contributed by atoms with E-state index in [0.717, 1.165) is 12.5 Å². The number of carbonyl (C=O) groups excluding carboxylic acids is 1. The van der Waals surface area contributed by atoms with Gasteiger partial charge >= 0.3 is 5.97 Å². The molecule has 1 saturated heterocycles. The van der Waals surface area contributed by atoms with Crippen LogP contribution in [0.3, 0.4) is 0 Å². The maximum absolute atomic E-state index is 11.9. The second kappa shape index (κ2) is 5.13. The Morgan fingerprint density at radius 1 is 1.18 bits per heavy atom. The van der Waals surface area contributed by atoms with Gasteiger partial charge in [-0.05, 0) is 31.2 Å². The van der Waals surface area contributed by atoms with Crippen LogP contribution in [0.25, 0.3) is 0 Å². The number of esters is 1. The van der Waals surface area contributed by atoms with Crippen LogP contribution in [-0.4, -0.2) is 20.1 Å². The standard InChI is InChI=1S/C14H26O2Si/c1-17(2,3)10-12-9-13(16-14(12)15)11-7-5-4-6-8-11/h11-13H,4-10H2,1-3H3/t12-,13+/m0/s1. The molecule has 0 radical (unpaired) electrons. The van der Waals surface area contributed by atoms with Crippen LogP contribution in [0.5, 0.6) is 0 Å². The number of ether oxygens (including phenoxy) is 1. The summed E-state index contributed by atoms with van der Waals surface area (Å²) in [6.45, 7) is 7.02. The Bertz CT molecular complexity index is 276. The predicted octanol–water partition coefficient (Wildman–Crippen LogP) is 3.84. The van der Waals surface area contributed by atoms with Gasteiger partial charge in [-0.25, -0.2) is 0 Å². The maximum atomic E-state index is 11.9. The SMILES string of the molecule is C[Si](C)(C)C[C@@H]1C[C@H](C2CCCCC2)OC1=O. The third-order valence-electron chi connectivity index (χ3n) is 4.15. The van der Waals surface area contributed by atoms with Crippen molar-refractivity contribution < 1.29 is 9.53 Å². The van der Waals surface area contributed by atoms with Crippen LogP contribution in [0.15, 0.2) is 0 Å². The fourth-order valence-electron chi connectivity index (χ4n) is 3.37. The Labute approximate surface area is 106 Å². The Morgan fingerprint density at radius 2 is 1.82 bits per heavy atom. The van der Waals surface area contributed by atoms with Gasteiger partial charge in [0.05, 0.1) is 5.92 Å². The number of hydrogen-bond donors (Lipinski definition) is 0. The van der Waals surface area contributed by atoms with Crippen molar-refractivity contribution in [2.45, 2.75) is 70.3 Å². The third-order valence-corrected chi connectivity index (χ3v) is 5.87. The first-order valence-corrected chi connectivity index (χ1v) is 10.9. The van der Waals surface area contributed by atoms with Gasteiger partial charge in [0.15, 0.2) is 0 Å². The molecule has 1 aliphatic carbocycles. The molecule has 1 heterocycles. The highest BCUT2D eigenvalue weighted by molar-refractivity contribution is 6.76. The molecule has 0 amide bonds. The van der Waals surface area contributed by atoms with Gasteiger partial charge in [0, 0.05) is 8.07 Å². The van der Waals surface area contributed by atoms with E-state index in [-0.39, 0.29) is 18.0 Å². The zero-order chi connectivity index (χ0) is 12.5. The van der Waals surface area contributed by atoms with Gasteiger partial charge in [-0.1, -0.05) is 38.9 Å². The Kier molecular flexibility index (Phi) is 3.96. The summed E-state index contributed by atoms with van der Waals surface area (Å²) in [4.78, 5) is 11.9. The van der Waals surface area contributed by atoms with Gasteiger partial charge in [-0.15, -0.1) is 0 Å². The molecule has 1 aliphatic heterocycles. The molecule has 2 aliphatic rings. The molecule has 0 unspecified atom stereocenters. The minimum atomic E-state index is -1.14. The number of rotatable bonds is 3. The zero-order valence-electron chi connectivity index (χ0n) is 11.5. The molecule has 0 N–H and O–H groups in total. The lowest BCUT2D eigenvalue weighted by Gasteiger charge is -2.26. The second-order valence-corrected chi connectivity index (χ2v) is 12.6. The van der Waals surface area contributed by atoms with Gasteiger partial charge in [0.1, 0.15) is 6.10 Å². The van der Waals surface area contributed by atoms with E-state index < -0.39 is 8.07 Å². The molecule has 0 aromatic rings. The molecule has 1 saturated carbocycles. The smallest absolute Gasteiger partial charge is 0.309 e. The minimum Gasteiger partial charge on any atom is -0.462 e. The van der Waals surface area contributed by atoms with E-state index >= 15 is 0 Å². The van der Waals surface area contributed by atoms with Gasteiger partial charge in [0.2, 0.25) is 0 Å². The van der Waals surface area contributed by atoms with E-state index in [4.69, 9.17) is 4.74 Å². The number of hydrogen-bond acceptors (Lipinski definition) is 2. The lowest BCUT2D eigenvalue weighted by Crippen LogP contribution is -2.26. The van der Waals surface area contributed by atoms with Crippen LogP contribution >= 0.6 is 0 Å².